The Labute approximate surface area is 114 Å². The third-order valence-corrected chi connectivity index (χ3v) is 2.94. The van der Waals surface area contributed by atoms with Crippen LogP contribution in [0.1, 0.15) is 18.5 Å². The maximum Gasteiger partial charge on any atom is 0.119 e. The Balaban J connectivity index is 2.08. The molecular formula is C16H20N2O. The summed E-state index contributed by atoms with van der Waals surface area (Å²) in [6.45, 7) is 3.21. The normalized spacial score (nSPS) is 11.9. The molecule has 2 aromatic rings. The number of nitrogens with one attached hydrogen (secondary N) is 1. The van der Waals surface area contributed by atoms with E-state index in [2.05, 4.69) is 17.4 Å². The van der Waals surface area contributed by atoms with Crippen LogP contribution in [-0.2, 0) is 0 Å². The molecule has 0 saturated carbocycles. The van der Waals surface area contributed by atoms with E-state index in [-0.39, 0.29) is 6.04 Å². The van der Waals surface area contributed by atoms with Gasteiger partial charge in [-0.25, -0.2) is 0 Å². The van der Waals surface area contributed by atoms with Gasteiger partial charge in [0.05, 0.1) is 12.6 Å². The lowest BCUT2D eigenvalue weighted by Gasteiger charge is -2.19. The molecular weight excluding hydrogens is 236 g/mol. The highest BCUT2D eigenvalue weighted by Gasteiger charge is 2.09. The van der Waals surface area contributed by atoms with Crippen LogP contribution >= 0.6 is 0 Å². The number of nitrogens with two attached hydrogens (primary N) is 1. The lowest BCUT2D eigenvalue weighted by atomic mass is 10.1. The zero-order chi connectivity index (χ0) is 13.5. The fourth-order valence-electron chi connectivity index (χ4n) is 1.98. The highest BCUT2D eigenvalue weighted by Crippen LogP contribution is 2.21. The molecule has 1 atom stereocenters. The predicted octanol–water partition coefficient (Wildman–Crippen LogP) is 3.20. The Bertz CT molecular complexity index is 482. The smallest absolute Gasteiger partial charge is 0.119 e. The molecule has 1 unspecified atom stereocenters. The molecule has 0 fully saturated rings. The number of hydrogen-bond acceptors (Lipinski definition) is 3. The first-order chi connectivity index (χ1) is 9.33. The Kier molecular flexibility index (Phi) is 4.81. The van der Waals surface area contributed by atoms with Gasteiger partial charge >= 0.3 is 0 Å². The van der Waals surface area contributed by atoms with Crippen LogP contribution in [0.25, 0.3) is 0 Å². The molecule has 19 heavy (non-hydrogen) atoms. The Morgan fingerprint density at radius 1 is 1.05 bits per heavy atom. The van der Waals surface area contributed by atoms with Crippen molar-refractivity contribution in [2.24, 2.45) is 5.73 Å². The van der Waals surface area contributed by atoms with Crippen LogP contribution in [0.4, 0.5) is 5.69 Å². The monoisotopic (exact) mass is 256 g/mol. The Hall–Kier alpha value is -2.00. The van der Waals surface area contributed by atoms with Crippen molar-refractivity contribution in [3.63, 3.8) is 0 Å². The molecule has 0 heterocycles. The van der Waals surface area contributed by atoms with Crippen molar-refractivity contribution < 1.29 is 4.74 Å². The van der Waals surface area contributed by atoms with Gasteiger partial charge < -0.3 is 15.8 Å². The van der Waals surface area contributed by atoms with Gasteiger partial charge in [-0.1, -0.05) is 30.3 Å². The minimum absolute atomic E-state index is 0.109. The first-order valence-electron chi connectivity index (χ1n) is 6.58. The number of hydrogen-bond donors (Lipinski definition) is 2. The first-order valence-corrected chi connectivity index (χ1v) is 6.58. The van der Waals surface area contributed by atoms with Crippen molar-refractivity contribution in [1.82, 2.24) is 0 Å². The number of ether oxygens (including phenoxy) is 1. The van der Waals surface area contributed by atoms with Gasteiger partial charge in [-0.15, -0.1) is 0 Å². The topological polar surface area (TPSA) is 47.3 Å². The maximum absolute atomic E-state index is 5.86. The molecule has 3 N–H and O–H groups in total. The van der Waals surface area contributed by atoms with Crippen LogP contribution in [0.15, 0.2) is 54.6 Å². The van der Waals surface area contributed by atoms with Gasteiger partial charge in [0.2, 0.25) is 0 Å². The summed E-state index contributed by atoms with van der Waals surface area (Å²) in [5.41, 5.74) is 8.09. The summed E-state index contributed by atoms with van der Waals surface area (Å²) >= 11 is 0. The second kappa shape index (κ2) is 6.81. The number of para-hydroxylation sites is 1. The molecule has 0 aliphatic carbocycles. The van der Waals surface area contributed by atoms with Crippen molar-refractivity contribution in [2.45, 2.75) is 13.0 Å². The van der Waals surface area contributed by atoms with Crippen molar-refractivity contribution in [3.8, 4) is 5.75 Å². The highest BCUT2D eigenvalue weighted by molar-refractivity contribution is 5.45. The van der Waals surface area contributed by atoms with Crippen molar-refractivity contribution >= 4 is 5.69 Å². The lowest BCUT2D eigenvalue weighted by Crippen LogP contribution is -2.20. The SMILES string of the molecule is CCOc1ccc(C(CN)Nc2ccccc2)cc1. The van der Waals surface area contributed by atoms with E-state index in [9.17, 15) is 0 Å². The summed E-state index contributed by atoms with van der Waals surface area (Å²) in [5, 5.41) is 3.43. The summed E-state index contributed by atoms with van der Waals surface area (Å²) in [5.74, 6) is 0.890. The van der Waals surface area contributed by atoms with Crippen molar-refractivity contribution in [3.05, 3.63) is 60.2 Å². The summed E-state index contributed by atoms with van der Waals surface area (Å²) in [4.78, 5) is 0. The van der Waals surface area contributed by atoms with Crippen molar-refractivity contribution in [2.75, 3.05) is 18.5 Å². The maximum atomic E-state index is 5.86. The van der Waals surface area contributed by atoms with Crippen LogP contribution in [0.2, 0.25) is 0 Å². The van der Waals surface area contributed by atoms with Crippen LogP contribution in [0, 0.1) is 0 Å². The standard InChI is InChI=1S/C16H20N2O/c1-2-19-15-10-8-13(9-11-15)16(12-17)18-14-6-4-3-5-7-14/h3-11,16,18H,2,12,17H2,1H3. The summed E-state index contributed by atoms with van der Waals surface area (Å²) < 4.78 is 5.44. The van der Waals surface area contributed by atoms with E-state index in [1.54, 1.807) is 0 Å². The van der Waals surface area contributed by atoms with Crippen LogP contribution in [-0.4, -0.2) is 13.2 Å². The summed E-state index contributed by atoms with van der Waals surface area (Å²) in [7, 11) is 0. The van der Waals surface area contributed by atoms with Crippen LogP contribution in [0.3, 0.4) is 0 Å². The molecule has 0 radical (unpaired) electrons. The molecule has 0 aromatic heterocycles. The largest absolute Gasteiger partial charge is 0.494 e. The summed E-state index contributed by atoms with van der Waals surface area (Å²) in [6.07, 6.45) is 0. The molecule has 2 aromatic carbocycles. The highest BCUT2D eigenvalue weighted by atomic mass is 16.5. The van der Waals surface area contributed by atoms with Gasteiger partial charge in [0.25, 0.3) is 0 Å². The van der Waals surface area contributed by atoms with E-state index in [0.717, 1.165) is 17.0 Å². The predicted molar refractivity (Wildman–Crippen MR) is 79.5 cm³/mol. The average Bonchev–Trinajstić information content (AvgIpc) is 2.47. The third-order valence-electron chi connectivity index (χ3n) is 2.94. The summed E-state index contributed by atoms with van der Waals surface area (Å²) in [6, 6.07) is 18.3. The minimum Gasteiger partial charge on any atom is -0.494 e. The fraction of sp³-hybridized carbons (Fsp3) is 0.250. The molecule has 0 bridgehead atoms. The second-order valence-corrected chi connectivity index (χ2v) is 4.30. The zero-order valence-electron chi connectivity index (χ0n) is 11.2. The van der Waals surface area contributed by atoms with E-state index < -0.39 is 0 Å². The molecule has 3 heteroatoms. The average molecular weight is 256 g/mol. The van der Waals surface area contributed by atoms with E-state index in [4.69, 9.17) is 10.5 Å². The van der Waals surface area contributed by atoms with Crippen LogP contribution in [0.5, 0.6) is 5.75 Å². The molecule has 0 aliphatic rings. The van der Waals surface area contributed by atoms with E-state index >= 15 is 0 Å². The molecule has 0 saturated heterocycles. The van der Waals surface area contributed by atoms with Gasteiger partial charge in [0, 0.05) is 12.2 Å². The number of rotatable bonds is 6. The van der Waals surface area contributed by atoms with Gasteiger partial charge in [-0.3, -0.25) is 0 Å². The quantitative estimate of drug-likeness (QED) is 0.834. The van der Waals surface area contributed by atoms with E-state index in [0.29, 0.717) is 13.2 Å². The molecule has 0 spiro atoms. The molecule has 100 valence electrons. The van der Waals surface area contributed by atoms with Gasteiger partial charge in [-0.2, -0.15) is 0 Å². The zero-order valence-corrected chi connectivity index (χ0v) is 11.2. The fourth-order valence-corrected chi connectivity index (χ4v) is 1.98. The van der Waals surface area contributed by atoms with E-state index in [1.807, 2.05) is 49.4 Å². The van der Waals surface area contributed by atoms with E-state index in [1.165, 1.54) is 0 Å². The Morgan fingerprint density at radius 2 is 1.74 bits per heavy atom. The first kappa shape index (κ1) is 13.4. The van der Waals surface area contributed by atoms with Crippen LogP contribution < -0.4 is 15.8 Å². The Morgan fingerprint density at radius 3 is 2.32 bits per heavy atom. The molecule has 2 rings (SSSR count). The number of anilines is 1. The molecule has 0 aliphatic heterocycles. The minimum atomic E-state index is 0.109. The second-order valence-electron chi connectivity index (χ2n) is 4.30. The van der Waals surface area contributed by atoms with Gasteiger partial charge in [0.1, 0.15) is 5.75 Å². The molecule has 3 nitrogen and oxygen atoms in total. The number of benzene rings is 2. The van der Waals surface area contributed by atoms with Crippen molar-refractivity contribution in [1.29, 1.82) is 0 Å². The molecule has 0 amide bonds. The van der Waals surface area contributed by atoms with Gasteiger partial charge in [-0.05, 0) is 36.8 Å². The van der Waals surface area contributed by atoms with Gasteiger partial charge in [0.15, 0.2) is 0 Å². The lowest BCUT2D eigenvalue weighted by molar-refractivity contribution is 0.340. The third kappa shape index (κ3) is 3.73.